The average Bonchev–Trinajstić information content (AvgIpc) is 2.47. The van der Waals surface area contributed by atoms with Crippen LogP contribution in [0.4, 0.5) is 11.9 Å². The van der Waals surface area contributed by atoms with Gasteiger partial charge >= 0.3 is 6.01 Å². The molecular weight excluding hydrogens is 338 g/mol. The molecule has 1 aromatic heterocycles. The van der Waals surface area contributed by atoms with Crippen molar-refractivity contribution in [1.82, 2.24) is 15.0 Å². The van der Waals surface area contributed by atoms with E-state index in [0.717, 1.165) is 17.6 Å². The third-order valence-electron chi connectivity index (χ3n) is 2.92. The summed E-state index contributed by atoms with van der Waals surface area (Å²) in [5, 5.41) is 0. The minimum Gasteiger partial charge on any atom is -0.424 e. The molecule has 0 amide bonds. The minimum atomic E-state index is 0.136. The van der Waals surface area contributed by atoms with Gasteiger partial charge in [0.05, 0.1) is 13.2 Å². The number of rotatable bonds is 3. The molecule has 0 unspecified atom stereocenters. The molecule has 3 rings (SSSR count). The van der Waals surface area contributed by atoms with Gasteiger partial charge in [-0.1, -0.05) is 22.0 Å². The number of halogens is 1. The fourth-order valence-corrected chi connectivity index (χ4v) is 2.33. The highest BCUT2D eigenvalue weighted by molar-refractivity contribution is 9.10. The lowest BCUT2D eigenvalue weighted by Crippen LogP contribution is -2.37. The summed E-state index contributed by atoms with van der Waals surface area (Å²) in [6, 6.07) is 7.61. The van der Waals surface area contributed by atoms with Crippen molar-refractivity contribution in [3.63, 3.8) is 0 Å². The molecular formula is C13H14BrN5O2. The van der Waals surface area contributed by atoms with Crippen LogP contribution in [0.25, 0.3) is 0 Å². The summed E-state index contributed by atoms with van der Waals surface area (Å²) in [6.45, 7) is 2.74. The van der Waals surface area contributed by atoms with Gasteiger partial charge in [-0.05, 0) is 18.2 Å². The lowest BCUT2D eigenvalue weighted by molar-refractivity contribution is 0.122. The van der Waals surface area contributed by atoms with E-state index in [1.54, 1.807) is 0 Å². The maximum absolute atomic E-state index is 5.74. The van der Waals surface area contributed by atoms with Gasteiger partial charge in [-0.3, -0.25) is 0 Å². The van der Waals surface area contributed by atoms with Crippen molar-refractivity contribution in [3.8, 4) is 11.8 Å². The van der Waals surface area contributed by atoms with Crippen molar-refractivity contribution < 1.29 is 9.47 Å². The monoisotopic (exact) mass is 351 g/mol. The number of nitrogens with zero attached hydrogens (tertiary/aromatic N) is 4. The van der Waals surface area contributed by atoms with E-state index in [1.165, 1.54) is 0 Å². The van der Waals surface area contributed by atoms with Gasteiger partial charge < -0.3 is 20.1 Å². The van der Waals surface area contributed by atoms with E-state index < -0.39 is 0 Å². The molecule has 2 N–H and O–H groups in total. The van der Waals surface area contributed by atoms with Crippen molar-refractivity contribution in [1.29, 1.82) is 0 Å². The Hall–Kier alpha value is -1.93. The Morgan fingerprint density at radius 1 is 1.19 bits per heavy atom. The predicted octanol–water partition coefficient (Wildman–Crippen LogP) is 1.85. The van der Waals surface area contributed by atoms with Crippen LogP contribution >= 0.6 is 15.9 Å². The quantitative estimate of drug-likeness (QED) is 0.902. The first-order chi connectivity index (χ1) is 10.2. The topological polar surface area (TPSA) is 86.4 Å². The molecule has 1 aliphatic heterocycles. The standard InChI is InChI=1S/C13H14BrN5O2/c14-9-2-1-3-10(8-9)21-13-17-11(15)16-12(18-13)19-4-6-20-7-5-19/h1-3,8H,4-7H2,(H2,15,16,17,18). The van der Waals surface area contributed by atoms with Crippen LogP contribution in [-0.2, 0) is 4.74 Å². The van der Waals surface area contributed by atoms with E-state index in [2.05, 4.69) is 30.9 Å². The second kappa shape index (κ2) is 6.23. The van der Waals surface area contributed by atoms with Crippen molar-refractivity contribution in [2.45, 2.75) is 0 Å². The molecule has 1 aromatic carbocycles. The van der Waals surface area contributed by atoms with Crippen molar-refractivity contribution in [2.75, 3.05) is 36.9 Å². The fraction of sp³-hybridized carbons (Fsp3) is 0.308. The summed E-state index contributed by atoms with van der Waals surface area (Å²) in [7, 11) is 0. The van der Waals surface area contributed by atoms with Crippen molar-refractivity contribution in [3.05, 3.63) is 28.7 Å². The van der Waals surface area contributed by atoms with Crippen LogP contribution in [-0.4, -0.2) is 41.3 Å². The average molecular weight is 352 g/mol. The van der Waals surface area contributed by atoms with Crippen LogP contribution in [0.1, 0.15) is 0 Å². The molecule has 21 heavy (non-hydrogen) atoms. The summed E-state index contributed by atoms with van der Waals surface area (Å²) < 4.78 is 11.9. The Morgan fingerprint density at radius 2 is 2.00 bits per heavy atom. The molecule has 0 atom stereocenters. The van der Waals surface area contributed by atoms with Gasteiger partial charge in [0.2, 0.25) is 11.9 Å². The first kappa shape index (κ1) is 14.0. The van der Waals surface area contributed by atoms with E-state index in [-0.39, 0.29) is 12.0 Å². The zero-order valence-electron chi connectivity index (χ0n) is 11.2. The number of hydrogen-bond donors (Lipinski definition) is 1. The van der Waals surface area contributed by atoms with Crippen molar-refractivity contribution >= 4 is 27.8 Å². The lowest BCUT2D eigenvalue weighted by atomic mass is 10.3. The van der Waals surface area contributed by atoms with E-state index in [1.807, 2.05) is 29.2 Å². The van der Waals surface area contributed by atoms with Crippen LogP contribution in [0.5, 0.6) is 11.8 Å². The van der Waals surface area contributed by atoms with Crippen LogP contribution in [0.2, 0.25) is 0 Å². The minimum absolute atomic E-state index is 0.136. The number of benzene rings is 1. The smallest absolute Gasteiger partial charge is 0.328 e. The number of aromatic nitrogens is 3. The molecule has 8 heteroatoms. The van der Waals surface area contributed by atoms with E-state index in [9.17, 15) is 0 Å². The van der Waals surface area contributed by atoms with Gasteiger partial charge in [0.15, 0.2) is 0 Å². The number of ether oxygens (including phenoxy) is 2. The Labute approximate surface area is 130 Å². The van der Waals surface area contributed by atoms with E-state index >= 15 is 0 Å². The molecule has 1 aliphatic rings. The Bertz CT molecular complexity index is 634. The number of hydrogen-bond acceptors (Lipinski definition) is 7. The maximum atomic E-state index is 5.74. The first-order valence-corrected chi connectivity index (χ1v) is 7.28. The highest BCUT2D eigenvalue weighted by Crippen LogP contribution is 2.23. The van der Waals surface area contributed by atoms with Gasteiger partial charge in [-0.15, -0.1) is 0 Å². The maximum Gasteiger partial charge on any atom is 0.328 e. The second-order valence-electron chi connectivity index (χ2n) is 4.44. The molecule has 0 aliphatic carbocycles. The Morgan fingerprint density at radius 3 is 2.76 bits per heavy atom. The van der Waals surface area contributed by atoms with E-state index in [0.29, 0.717) is 24.9 Å². The van der Waals surface area contributed by atoms with Gasteiger partial charge in [0.25, 0.3) is 0 Å². The third-order valence-corrected chi connectivity index (χ3v) is 3.41. The Balaban J connectivity index is 1.83. The fourth-order valence-electron chi connectivity index (χ4n) is 1.95. The molecule has 0 spiro atoms. The summed E-state index contributed by atoms with van der Waals surface area (Å²) in [5.41, 5.74) is 5.74. The Kier molecular flexibility index (Phi) is 4.16. The zero-order valence-corrected chi connectivity index (χ0v) is 12.8. The highest BCUT2D eigenvalue weighted by atomic mass is 79.9. The SMILES string of the molecule is Nc1nc(Oc2cccc(Br)c2)nc(N2CCOCC2)n1. The van der Waals surface area contributed by atoms with Gasteiger partial charge in [-0.2, -0.15) is 15.0 Å². The molecule has 0 radical (unpaired) electrons. The van der Waals surface area contributed by atoms with Crippen LogP contribution in [0, 0.1) is 0 Å². The lowest BCUT2D eigenvalue weighted by Gasteiger charge is -2.26. The number of nitrogens with two attached hydrogens (primary N) is 1. The van der Waals surface area contributed by atoms with E-state index in [4.69, 9.17) is 15.2 Å². The molecule has 1 fully saturated rings. The molecule has 0 saturated carbocycles. The van der Waals surface area contributed by atoms with Gasteiger partial charge in [0.1, 0.15) is 5.75 Å². The molecule has 2 aromatic rings. The van der Waals surface area contributed by atoms with Gasteiger partial charge in [0, 0.05) is 17.6 Å². The number of anilines is 2. The highest BCUT2D eigenvalue weighted by Gasteiger charge is 2.16. The summed E-state index contributed by atoms with van der Waals surface area (Å²) >= 11 is 3.39. The molecule has 7 nitrogen and oxygen atoms in total. The summed E-state index contributed by atoms with van der Waals surface area (Å²) in [6.07, 6.45) is 0. The van der Waals surface area contributed by atoms with Crippen LogP contribution in [0.15, 0.2) is 28.7 Å². The second-order valence-corrected chi connectivity index (χ2v) is 5.35. The predicted molar refractivity (Wildman–Crippen MR) is 81.5 cm³/mol. The van der Waals surface area contributed by atoms with Crippen molar-refractivity contribution in [2.24, 2.45) is 0 Å². The molecule has 1 saturated heterocycles. The summed E-state index contributed by atoms with van der Waals surface area (Å²) in [4.78, 5) is 14.5. The third kappa shape index (κ3) is 3.59. The largest absolute Gasteiger partial charge is 0.424 e. The number of morpholine rings is 1. The normalized spacial score (nSPS) is 15.0. The summed E-state index contributed by atoms with van der Waals surface area (Å²) in [5.74, 6) is 1.27. The molecule has 2 heterocycles. The molecule has 0 bridgehead atoms. The van der Waals surface area contributed by atoms with Crippen LogP contribution in [0.3, 0.4) is 0 Å². The van der Waals surface area contributed by atoms with Gasteiger partial charge in [-0.25, -0.2) is 0 Å². The first-order valence-electron chi connectivity index (χ1n) is 6.48. The molecule has 110 valence electrons. The number of nitrogen functional groups attached to an aromatic ring is 1. The zero-order chi connectivity index (χ0) is 14.7. The van der Waals surface area contributed by atoms with Crippen LogP contribution < -0.4 is 15.4 Å².